The van der Waals surface area contributed by atoms with Crippen molar-refractivity contribution in [1.82, 2.24) is 10.6 Å². The normalized spacial score (nSPS) is 24.0. The fourth-order valence-corrected chi connectivity index (χ4v) is 2.55. The van der Waals surface area contributed by atoms with Gasteiger partial charge in [-0.1, -0.05) is 32.6 Å². The molecule has 1 rings (SSSR count). The molecule has 2 heteroatoms. The first-order valence-corrected chi connectivity index (χ1v) is 7.29. The van der Waals surface area contributed by atoms with E-state index in [9.17, 15) is 0 Å². The van der Waals surface area contributed by atoms with Gasteiger partial charge < -0.3 is 10.6 Å². The van der Waals surface area contributed by atoms with Crippen LogP contribution in [0.25, 0.3) is 0 Å². The Morgan fingerprint density at radius 3 is 2.88 bits per heavy atom. The van der Waals surface area contributed by atoms with Gasteiger partial charge in [0.2, 0.25) is 0 Å². The van der Waals surface area contributed by atoms with Crippen molar-refractivity contribution in [2.45, 2.75) is 77.3 Å². The predicted molar refractivity (Wildman–Crippen MR) is 71.9 cm³/mol. The summed E-state index contributed by atoms with van der Waals surface area (Å²) in [5.41, 5.74) is 0. The molecule has 2 N–H and O–H groups in total. The van der Waals surface area contributed by atoms with Crippen molar-refractivity contribution in [1.29, 1.82) is 0 Å². The molecule has 0 aromatic carbocycles. The standard InChI is InChI=1S/C14H30N2/c1-3-4-5-6-8-13(2)16-14-9-7-11-15-12-10-14/h13-16H,3-12H2,1-2H3. The van der Waals surface area contributed by atoms with E-state index in [4.69, 9.17) is 0 Å². The maximum atomic E-state index is 3.80. The van der Waals surface area contributed by atoms with Crippen molar-refractivity contribution in [3.05, 3.63) is 0 Å². The predicted octanol–water partition coefficient (Wildman–Crippen LogP) is 3.08. The molecule has 0 amide bonds. The number of unbranched alkanes of at least 4 members (excludes halogenated alkanes) is 3. The molecule has 1 aliphatic rings. The van der Waals surface area contributed by atoms with Crippen LogP contribution in [0, 0.1) is 0 Å². The van der Waals surface area contributed by atoms with Crippen LogP contribution in [0.15, 0.2) is 0 Å². The van der Waals surface area contributed by atoms with E-state index in [1.54, 1.807) is 0 Å². The highest BCUT2D eigenvalue weighted by Crippen LogP contribution is 2.10. The Labute approximate surface area is 102 Å². The summed E-state index contributed by atoms with van der Waals surface area (Å²) >= 11 is 0. The van der Waals surface area contributed by atoms with E-state index >= 15 is 0 Å². The highest BCUT2D eigenvalue weighted by atomic mass is 15.0. The van der Waals surface area contributed by atoms with Crippen molar-refractivity contribution in [2.75, 3.05) is 13.1 Å². The van der Waals surface area contributed by atoms with E-state index < -0.39 is 0 Å². The molecule has 16 heavy (non-hydrogen) atoms. The molecule has 1 aliphatic heterocycles. The number of hydrogen-bond donors (Lipinski definition) is 2. The number of rotatable bonds is 7. The quantitative estimate of drug-likeness (QED) is 0.652. The number of nitrogens with one attached hydrogen (secondary N) is 2. The molecule has 0 aliphatic carbocycles. The Bertz CT molecular complexity index is 151. The largest absolute Gasteiger partial charge is 0.317 e. The van der Waals surface area contributed by atoms with E-state index in [1.165, 1.54) is 64.5 Å². The van der Waals surface area contributed by atoms with Crippen molar-refractivity contribution < 1.29 is 0 Å². The fraction of sp³-hybridized carbons (Fsp3) is 1.00. The molecule has 1 heterocycles. The van der Waals surface area contributed by atoms with Gasteiger partial charge in [0, 0.05) is 12.1 Å². The maximum Gasteiger partial charge on any atom is 0.00820 e. The average molecular weight is 226 g/mol. The molecule has 0 spiro atoms. The van der Waals surface area contributed by atoms with Gasteiger partial charge in [-0.15, -0.1) is 0 Å². The van der Waals surface area contributed by atoms with E-state index in [0.717, 1.165) is 6.04 Å². The van der Waals surface area contributed by atoms with E-state index in [-0.39, 0.29) is 0 Å². The second-order valence-corrected chi connectivity index (χ2v) is 5.29. The molecule has 1 saturated heterocycles. The summed E-state index contributed by atoms with van der Waals surface area (Å²) in [5, 5.41) is 7.27. The zero-order chi connectivity index (χ0) is 11.6. The first-order chi connectivity index (χ1) is 7.83. The van der Waals surface area contributed by atoms with Gasteiger partial charge in [-0.05, 0) is 45.7 Å². The highest BCUT2D eigenvalue weighted by Gasteiger charge is 2.13. The van der Waals surface area contributed by atoms with E-state index in [1.807, 2.05) is 0 Å². The molecule has 0 radical (unpaired) electrons. The monoisotopic (exact) mass is 226 g/mol. The van der Waals surface area contributed by atoms with Crippen LogP contribution in [0.4, 0.5) is 0 Å². The third-order valence-corrected chi connectivity index (χ3v) is 3.59. The van der Waals surface area contributed by atoms with Crippen LogP contribution in [-0.2, 0) is 0 Å². The minimum Gasteiger partial charge on any atom is -0.317 e. The van der Waals surface area contributed by atoms with Gasteiger partial charge in [0.25, 0.3) is 0 Å². The van der Waals surface area contributed by atoms with Gasteiger partial charge in [0.15, 0.2) is 0 Å². The summed E-state index contributed by atoms with van der Waals surface area (Å²) < 4.78 is 0. The lowest BCUT2D eigenvalue weighted by atomic mass is 10.0. The van der Waals surface area contributed by atoms with Crippen molar-refractivity contribution >= 4 is 0 Å². The Morgan fingerprint density at radius 2 is 2.06 bits per heavy atom. The first-order valence-electron chi connectivity index (χ1n) is 7.29. The lowest BCUT2D eigenvalue weighted by Crippen LogP contribution is -2.37. The summed E-state index contributed by atoms with van der Waals surface area (Å²) in [7, 11) is 0. The fourth-order valence-electron chi connectivity index (χ4n) is 2.55. The molecular formula is C14H30N2. The maximum absolute atomic E-state index is 3.80. The summed E-state index contributed by atoms with van der Waals surface area (Å²) in [6, 6.07) is 1.47. The SMILES string of the molecule is CCCCCCC(C)NC1CCCNCC1. The molecule has 0 aromatic heterocycles. The molecule has 0 aromatic rings. The van der Waals surface area contributed by atoms with E-state index in [0.29, 0.717) is 6.04 Å². The van der Waals surface area contributed by atoms with Crippen LogP contribution in [0.2, 0.25) is 0 Å². The summed E-state index contributed by atoms with van der Waals surface area (Å²) in [5.74, 6) is 0. The molecule has 2 atom stereocenters. The minimum atomic E-state index is 0.708. The molecule has 0 saturated carbocycles. The second kappa shape index (κ2) is 9.00. The summed E-state index contributed by atoms with van der Waals surface area (Å²) in [6.07, 6.45) is 10.9. The van der Waals surface area contributed by atoms with Crippen LogP contribution in [-0.4, -0.2) is 25.2 Å². The first kappa shape index (κ1) is 14.0. The molecule has 2 unspecified atom stereocenters. The molecule has 2 nitrogen and oxygen atoms in total. The lowest BCUT2D eigenvalue weighted by molar-refractivity contribution is 0.390. The molecule has 1 fully saturated rings. The van der Waals surface area contributed by atoms with Crippen LogP contribution in [0.5, 0.6) is 0 Å². The Hall–Kier alpha value is -0.0800. The lowest BCUT2D eigenvalue weighted by Gasteiger charge is -2.21. The summed E-state index contributed by atoms with van der Waals surface area (Å²) in [6.45, 7) is 7.04. The zero-order valence-corrected chi connectivity index (χ0v) is 11.2. The van der Waals surface area contributed by atoms with Gasteiger partial charge in [-0.3, -0.25) is 0 Å². The average Bonchev–Trinajstić information content (AvgIpc) is 2.53. The topological polar surface area (TPSA) is 24.1 Å². The zero-order valence-electron chi connectivity index (χ0n) is 11.2. The van der Waals surface area contributed by atoms with Gasteiger partial charge in [-0.2, -0.15) is 0 Å². The van der Waals surface area contributed by atoms with Gasteiger partial charge in [-0.25, -0.2) is 0 Å². The van der Waals surface area contributed by atoms with Gasteiger partial charge in [0.05, 0.1) is 0 Å². The summed E-state index contributed by atoms with van der Waals surface area (Å²) in [4.78, 5) is 0. The van der Waals surface area contributed by atoms with Crippen LogP contribution in [0.1, 0.15) is 65.2 Å². The van der Waals surface area contributed by atoms with Crippen molar-refractivity contribution in [3.8, 4) is 0 Å². The third kappa shape index (κ3) is 6.49. The van der Waals surface area contributed by atoms with Gasteiger partial charge in [0.1, 0.15) is 0 Å². The molecule has 0 bridgehead atoms. The van der Waals surface area contributed by atoms with Crippen LogP contribution >= 0.6 is 0 Å². The number of hydrogen-bond acceptors (Lipinski definition) is 2. The van der Waals surface area contributed by atoms with E-state index in [2.05, 4.69) is 24.5 Å². The van der Waals surface area contributed by atoms with Crippen LogP contribution < -0.4 is 10.6 Å². The Balaban J connectivity index is 2.04. The Kier molecular flexibility index (Phi) is 7.87. The third-order valence-electron chi connectivity index (χ3n) is 3.59. The van der Waals surface area contributed by atoms with Crippen molar-refractivity contribution in [3.63, 3.8) is 0 Å². The van der Waals surface area contributed by atoms with Crippen molar-refractivity contribution in [2.24, 2.45) is 0 Å². The van der Waals surface area contributed by atoms with Gasteiger partial charge >= 0.3 is 0 Å². The molecular weight excluding hydrogens is 196 g/mol. The Morgan fingerprint density at radius 1 is 1.19 bits per heavy atom. The smallest absolute Gasteiger partial charge is 0.00820 e. The highest BCUT2D eigenvalue weighted by molar-refractivity contribution is 4.75. The minimum absolute atomic E-state index is 0.708. The molecule has 96 valence electrons. The second-order valence-electron chi connectivity index (χ2n) is 5.29. The van der Waals surface area contributed by atoms with Crippen LogP contribution in [0.3, 0.4) is 0 Å².